The van der Waals surface area contributed by atoms with Crippen LogP contribution in [0.4, 0.5) is 10.5 Å². The molecule has 1 aromatic rings. The number of carboxylic acid groups (broad SMARTS) is 1. The summed E-state index contributed by atoms with van der Waals surface area (Å²) in [5.41, 5.74) is 5.04. The van der Waals surface area contributed by atoms with Crippen molar-refractivity contribution in [3.05, 3.63) is 28.8 Å². The van der Waals surface area contributed by atoms with E-state index in [-0.39, 0.29) is 10.6 Å². The van der Waals surface area contributed by atoms with Crippen LogP contribution < -0.4 is 16.4 Å². The second kappa shape index (κ2) is 10.1. The number of benzene rings is 1. The molecule has 0 saturated carbocycles. The molecule has 0 unspecified atom stereocenters. The Kier molecular flexibility index (Phi) is 8.52. The smallest absolute Gasteiger partial charge is 0.408 e. The van der Waals surface area contributed by atoms with Crippen molar-refractivity contribution >= 4 is 35.3 Å². The van der Waals surface area contributed by atoms with Crippen molar-refractivity contribution in [3.8, 4) is 0 Å². The standard InChI is InChI=1S/C18H26ClN3O5/c1-18(2,3)27-17(26)22-14(6-4-5-9-20)15(23)21-11-7-8-12(16(24)25)13(19)10-11/h7-8,10,14H,4-6,9,20H2,1-3H3,(H,21,23)(H,22,26)(H,24,25)/t14-/m0/s1. The first-order valence-corrected chi connectivity index (χ1v) is 8.94. The fourth-order valence-electron chi connectivity index (χ4n) is 2.21. The minimum absolute atomic E-state index is 0.0000771. The van der Waals surface area contributed by atoms with Crippen molar-refractivity contribution in [2.24, 2.45) is 5.73 Å². The number of carboxylic acids is 1. The second-order valence-corrected chi connectivity index (χ2v) is 7.38. The number of nitrogens with one attached hydrogen (secondary N) is 2. The number of carbonyl (C=O) groups excluding carboxylic acids is 2. The van der Waals surface area contributed by atoms with Crippen molar-refractivity contribution in [2.45, 2.75) is 51.7 Å². The van der Waals surface area contributed by atoms with Gasteiger partial charge in [-0.2, -0.15) is 0 Å². The molecule has 0 aliphatic heterocycles. The van der Waals surface area contributed by atoms with E-state index in [0.29, 0.717) is 31.5 Å². The lowest BCUT2D eigenvalue weighted by molar-refractivity contribution is -0.118. The van der Waals surface area contributed by atoms with Gasteiger partial charge in [0.05, 0.1) is 10.6 Å². The highest BCUT2D eigenvalue weighted by Crippen LogP contribution is 2.21. The first-order valence-electron chi connectivity index (χ1n) is 8.57. The number of alkyl carbamates (subject to hydrolysis) is 1. The first-order chi connectivity index (χ1) is 12.5. The number of nitrogens with two attached hydrogens (primary N) is 1. The minimum Gasteiger partial charge on any atom is -0.478 e. The lowest BCUT2D eigenvalue weighted by Crippen LogP contribution is -2.45. The average molecular weight is 400 g/mol. The zero-order valence-electron chi connectivity index (χ0n) is 15.7. The highest BCUT2D eigenvalue weighted by molar-refractivity contribution is 6.33. The van der Waals surface area contributed by atoms with Crippen LogP contribution in [0.15, 0.2) is 18.2 Å². The van der Waals surface area contributed by atoms with Gasteiger partial charge in [0.1, 0.15) is 11.6 Å². The van der Waals surface area contributed by atoms with Crippen LogP contribution in [0.25, 0.3) is 0 Å². The molecule has 8 nitrogen and oxygen atoms in total. The van der Waals surface area contributed by atoms with Crippen molar-refractivity contribution in [1.29, 1.82) is 0 Å². The first kappa shape index (κ1) is 22.7. The van der Waals surface area contributed by atoms with E-state index in [1.807, 2.05) is 0 Å². The monoisotopic (exact) mass is 399 g/mol. The van der Waals surface area contributed by atoms with Crippen molar-refractivity contribution in [1.82, 2.24) is 5.32 Å². The van der Waals surface area contributed by atoms with E-state index < -0.39 is 29.6 Å². The molecule has 0 spiro atoms. The highest BCUT2D eigenvalue weighted by atomic mass is 35.5. The summed E-state index contributed by atoms with van der Waals surface area (Å²) in [7, 11) is 0. The third-order valence-corrected chi connectivity index (χ3v) is 3.73. The van der Waals surface area contributed by atoms with Gasteiger partial charge < -0.3 is 26.2 Å². The molecule has 1 atom stereocenters. The maximum atomic E-state index is 12.6. The maximum Gasteiger partial charge on any atom is 0.408 e. The molecule has 0 aliphatic carbocycles. The summed E-state index contributed by atoms with van der Waals surface area (Å²) < 4.78 is 5.19. The molecular weight excluding hydrogens is 374 g/mol. The number of amides is 2. The van der Waals surface area contributed by atoms with Gasteiger partial charge in [-0.25, -0.2) is 9.59 Å². The summed E-state index contributed by atoms with van der Waals surface area (Å²) in [5.74, 6) is -1.62. The molecule has 9 heteroatoms. The lowest BCUT2D eigenvalue weighted by atomic mass is 10.1. The average Bonchev–Trinajstić information content (AvgIpc) is 2.52. The zero-order valence-corrected chi connectivity index (χ0v) is 16.4. The number of anilines is 1. The summed E-state index contributed by atoms with van der Waals surface area (Å²) in [6.45, 7) is 5.65. The minimum atomic E-state index is -1.16. The van der Waals surface area contributed by atoms with Gasteiger partial charge in [-0.3, -0.25) is 4.79 Å². The summed E-state index contributed by atoms with van der Waals surface area (Å²) in [4.78, 5) is 35.6. The fraction of sp³-hybridized carbons (Fsp3) is 0.500. The summed E-state index contributed by atoms with van der Waals surface area (Å²) in [5, 5.41) is 14.2. The van der Waals surface area contributed by atoms with Crippen LogP contribution in [0.3, 0.4) is 0 Å². The van der Waals surface area contributed by atoms with E-state index in [1.54, 1.807) is 20.8 Å². The van der Waals surface area contributed by atoms with Crippen LogP contribution in [-0.2, 0) is 9.53 Å². The number of hydrogen-bond donors (Lipinski definition) is 4. The van der Waals surface area contributed by atoms with Gasteiger partial charge in [0.15, 0.2) is 0 Å². The van der Waals surface area contributed by atoms with Gasteiger partial charge in [-0.15, -0.1) is 0 Å². The topological polar surface area (TPSA) is 131 Å². The van der Waals surface area contributed by atoms with E-state index in [9.17, 15) is 14.4 Å². The maximum absolute atomic E-state index is 12.6. The summed E-state index contributed by atoms with van der Waals surface area (Å²) in [6.07, 6.45) is 1.03. The van der Waals surface area contributed by atoms with E-state index in [1.165, 1.54) is 18.2 Å². The highest BCUT2D eigenvalue weighted by Gasteiger charge is 2.24. The SMILES string of the molecule is CC(C)(C)OC(=O)N[C@@H](CCCCN)C(=O)Nc1ccc(C(=O)O)c(Cl)c1. The largest absolute Gasteiger partial charge is 0.478 e. The number of aromatic carboxylic acids is 1. The lowest BCUT2D eigenvalue weighted by Gasteiger charge is -2.23. The molecule has 0 saturated heterocycles. The number of halogens is 1. The van der Waals surface area contributed by atoms with Gasteiger partial charge in [0.2, 0.25) is 5.91 Å². The van der Waals surface area contributed by atoms with Crippen LogP contribution in [0, 0.1) is 0 Å². The van der Waals surface area contributed by atoms with Gasteiger partial charge in [0.25, 0.3) is 0 Å². The fourth-order valence-corrected chi connectivity index (χ4v) is 2.47. The van der Waals surface area contributed by atoms with Crippen LogP contribution in [0.5, 0.6) is 0 Å². The van der Waals surface area contributed by atoms with Crippen molar-refractivity contribution in [3.63, 3.8) is 0 Å². The van der Waals surface area contributed by atoms with Crippen LogP contribution in [0.1, 0.15) is 50.4 Å². The molecular formula is C18H26ClN3O5. The summed E-state index contributed by atoms with van der Waals surface area (Å²) in [6, 6.07) is 3.24. The molecule has 1 rings (SSSR count). The number of unbranched alkanes of at least 4 members (excludes halogenated alkanes) is 1. The Morgan fingerprint density at radius 2 is 1.93 bits per heavy atom. The van der Waals surface area contributed by atoms with Crippen LogP contribution in [-0.4, -0.2) is 41.3 Å². The number of carbonyl (C=O) groups is 3. The third-order valence-electron chi connectivity index (χ3n) is 3.42. The van der Waals surface area contributed by atoms with Crippen LogP contribution >= 0.6 is 11.6 Å². The van der Waals surface area contributed by atoms with Crippen molar-refractivity contribution in [2.75, 3.05) is 11.9 Å². The Balaban J connectivity index is 2.84. The second-order valence-electron chi connectivity index (χ2n) is 6.97. The molecule has 5 N–H and O–H groups in total. The predicted octanol–water partition coefficient (Wildman–Crippen LogP) is 3.00. The Morgan fingerprint density at radius 3 is 2.44 bits per heavy atom. The van der Waals surface area contributed by atoms with E-state index in [2.05, 4.69) is 10.6 Å². The van der Waals surface area contributed by atoms with Gasteiger partial charge in [-0.05, 0) is 64.8 Å². The number of hydrogen-bond acceptors (Lipinski definition) is 5. The molecule has 0 bridgehead atoms. The van der Waals surface area contributed by atoms with E-state index in [4.69, 9.17) is 27.2 Å². The van der Waals surface area contributed by atoms with Crippen LogP contribution in [0.2, 0.25) is 5.02 Å². The molecule has 0 fully saturated rings. The normalized spacial score (nSPS) is 12.2. The molecule has 0 aromatic heterocycles. The summed E-state index contributed by atoms with van der Waals surface area (Å²) >= 11 is 5.91. The Labute approximate surface area is 163 Å². The van der Waals surface area contributed by atoms with Crippen molar-refractivity contribution < 1.29 is 24.2 Å². The van der Waals surface area contributed by atoms with Gasteiger partial charge >= 0.3 is 12.1 Å². The Morgan fingerprint density at radius 1 is 1.26 bits per heavy atom. The zero-order chi connectivity index (χ0) is 20.6. The molecule has 0 radical (unpaired) electrons. The molecule has 27 heavy (non-hydrogen) atoms. The molecule has 2 amide bonds. The molecule has 150 valence electrons. The van der Waals surface area contributed by atoms with Gasteiger partial charge in [-0.1, -0.05) is 11.6 Å². The predicted molar refractivity (Wildman–Crippen MR) is 103 cm³/mol. The number of rotatable bonds is 8. The Bertz CT molecular complexity index is 688. The number of ether oxygens (including phenoxy) is 1. The van der Waals surface area contributed by atoms with Gasteiger partial charge in [0, 0.05) is 5.69 Å². The quantitative estimate of drug-likeness (QED) is 0.497. The van der Waals surface area contributed by atoms with E-state index in [0.717, 1.165) is 0 Å². The van der Waals surface area contributed by atoms with E-state index >= 15 is 0 Å². The third kappa shape index (κ3) is 8.27. The Hall–Kier alpha value is -2.32. The molecule has 1 aromatic carbocycles. The molecule has 0 aliphatic rings. The molecule has 0 heterocycles.